The monoisotopic (exact) mass is 252 g/mol. The van der Waals surface area contributed by atoms with E-state index in [4.69, 9.17) is 10.2 Å². The molecule has 0 spiro atoms. The minimum atomic E-state index is 0.229. The van der Waals surface area contributed by atoms with Crippen LogP contribution in [0.25, 0.3) is 22.1 Å². The SMILES string of the molecule is CC(C)c1nc(N)oc1-c1ccc2ccccc2c1. The average molecular weight is 252 g/mol. The summed E-state index contributed by atoms with van der Waals surface area (Å²) < 4.78 is 5.58. The van der Waals surface area contributed by atoms with Crippen molar-refractivity contribution in [3.05, 3.63) is 48.2 Å². The number of nitrogen functional groups attached to an aromatic ring is 1. The molecule has 1 aromatic heterocycles. The largest absolute Gasteiger partial charge is 0.423 e. The lowest BCUT2D eigenvalue weighted by molar-refractivity contribution is 0.592. The van der Waals surface area contributed by atoms with Crippen LogP contribution in [0.4, 0.5) is 6.01 Å². The molecule has 0 unspecified atom stereocenters. The summed E-state index contributed by atoms with van der Waals surface area (Å²) >= 11 is 0. The number of benzene rings is 2. The molecule has 1 heterocycles. The van der Waals surface area contributed by atoms with Gasteiger partial charge in [0.25, 0.3) is 6.01 Å². The van der Waals surface area contributed by atoms with E-state index < -0.39 is 0 Å². The summed E-state index contributed by atoms with van der Waals surface area (Å²) in [6.07, 6.45) is 0. The molecule has 0 radical (unpaired) electrons. The van der Waals surface area contributed by atoms with Gasteiger partial charge in [0.15, 0.2) is 5.76 Å². The molecular weight excluding hydrogens is 236 g/mol. The summed E-state index contributed by atoms with van der Waals surface area (Å²) in [4.78, 5) is 4.28. The summed E-state index contributed by atoms with van der Waals surface area (Å²) in [6.45, 7) is 4.17. The second kappa shape index (κ2) is 4.43. The van der Waals surface area contributed by atoms with Crippen molar-refractivity contribution in [3.63, 3.8) is 0 Å². The topological polar surface area (TPSA) is 52.0 Å². The second-order valence-electron chi connectivity index (χ2n) is 4.98. The van der Waals surface area contributed by atoms with Gasteiger partial charge in [-0.3, -0.25) is 0 Å². The normalized spacial score (nSPS) is 11.3. The Balaban J connectivity index is 2.18. The lowest BCUT2D eigenvalue weighted by atomic mass is 10.0. The lowest BCUT2D eigenvalue weighted by Gasteiger charge is -2.05. The van der Waals surface area contributed by atoms with E-state index in [9.17, 15) is 0 Å². The third kappa shape index (κ3) is 2.08. The number of fused-ring (bicyclic) bond motifs is 1. The molecule has 0 atom stereocenters. The van der Waals surface area contributed by atoms with Crippen molar-refractivity contribution in [3.8, 4) is 11.3 Å². The third-order valence-corrected chi connectivity index (χ3v) is 3.23. The second-order valence-corrected chi connectivity index (χ2v) is 4.98. The minimum absolute atomic E-state index is 0.229. The van der Waals surface area contributed by atoms with Crippen LogP contribution in [0.2, 0.25) is 0 Å². The van der Waals surface area contributed by atoms with Crippen molar-refractivity contribution in [2.24, 2.45) is 0 Å². The molecule has 0 aliphatic carbocycles. The molecule has 3 heteroatoms. The highest BCUT2D eigenvalue weighted by atomic mass is 16.4. The van der Waals surface area contributed by atoms with Crippen molar-refractivity contribution < 1.29 is 4.42 Å². The molecule has 2 aromatic carbocycles. The Kier molecular flexibility index (Phi) is 2.75. The van der Waals surface area contributed by atoms with Crippen LogP contribution in [0, 0.1) is 0 Å². The number of oxazole rings is 1. The number of hydrogen-bond acceptors (Lipinski definition) is 3. The van der Waals surface area contributed by atoms with Gasteiger partial charge in [-0.1, -0.05) is 50.2 Å². The van der Waals surface area contributed by atoms with E-state index in [0.29, 0.717) is 0 Å². The maximum absolute atomic E-state index is 5.69. The zero-order chi connectivity index (χ0) is 13.4. The van der Waals surface area contributed by atoms with E-state index in [0.717, 1.165) is 17.0 Å². The van der Waals surface area contributed by atoms with Crippen molar-refractivity contribution in [2.45, 2.75) is 19.8 Å². The molecule has 0 aliphatic rings. The molecule has 3 rings (SSSR count). The molecule has 96 valence electrons. The maximum Gasteiger partial charge on any atom is 0.292 e. The molecule has 0 fully saturated rings. The highest BCUT2D eigenvalue weighted by Crippen LogP contribution is 2.32. The predicted molar refractivity (Wildman–Crippen MR) is 77.9 cm³/mol. The van der Waals surface area contributed by atoms with Crippen LogP contribution in [0.5, 0.6) is 0 Å². The molecule has 3 aromatic rings. The summed E-state index contributed by atoms with van der Waals surface area (Å²) in [5.41, 5.74) is 7.62. The Morgan fingerprint density at radius 2 is 1.79 bits per heavy atom. The van der Waals surface area contributed by atoms with Crippen LogP contribution in [0.15, 0.2) is 46.9 Å². The number of hydrogen-bond donors (Lipinski definition) is 1. The van der Waals surface area contributed by atoms with E-state index in [1.807, 2.05) is 18.2 Å². The Morgan fingerprint density at radius 3 is 2.53 bits per heavy atom. The molecule has 0 amide bonds. The Labute approximate surface area is 112 Å². The summed E-state index contributed by atoms with van der Waals surface area (Å²) in [5.74, 6) is 1.06. The first-order chi connectivity index (χ1) is 9.15. The summed E-state index contributed by atoms with van der Waals surface area (Å²) in [5, 5.41) is 2.40. The molecule has 0 bridgehead atoms. The minimum Gasteiger partial charge on any atom is -0.423 e. The molecule has 0 aliphatic heterocycles. The fourth-order valence-electron chi connectivity index (χ4n) is 2.28. The molecular formula is C16H16N2O. The Morgan fingerprint density at radius 1 is 1.05 bits per heavy atom. The van der Waals surface area contributed by atoms with Gasteiger partial charge in [0, 0.05) is 5.56 Å². The number of aromatic nitrogens is 1. The highest BCUT2D eigenvalue weighted by Gasteiger charge is 2.16. The zero-order valence-electron chi connectivity index (χ0n) is 11.1. The van der Waals surface area contributed by atoms with Crippen molar-refractivity contribution >= 4 is 16.8 Å². The van der Waals surface area contributed by atoms with Gasteiger partial charge < -0.3 is 10.2 Å². The van der Waals surface area contributed by atoms with Crippen LogP contribution in [0.1, 0.15) is 25.5 Å². The van der Waals surface area contributed by atoms with E-state index in [1.54, 1.807) is 0 Å². The Bertz CT molecular complexity index is 728. The smallest absolute Gasteiger partial charge is 0.292 e. The summed E-state index contributed by atoms with van der Waals surface area (Å²) in [7, 11) is 0. The molecule has 0 saturated carbocycles. The number of anilines is 1. The van der Waals surface area contributed by atoms with Crippen LogP contribution < -0.4 is 5.73 Å². The van der Waals surface area contributed by atoms with Crippen molar-refractivity contribution in [1.82, 2.24) is 4.98 Å². The van der Waals surface area contributed by atoms with E-state index >= 15 is 0 Å². The first-order valence-electron chi connectivity index (χ1n) is 6.40. The van der Waals surface area contributed by atoms with Gasteiger partial charge in [0.05, 0.1) is 5.69 Å². The Hall–Kier alpha value is -2.29. The van der Waals surface area contributed by atoms with Gasteiger partial charge in [-0.05, 0) is 22.8 Å². The van der Waals surface area contributed by atoms with Gasteiger partial charge in [-0.15, -0.1) is 0 Å². The van der Waals surface area contributed by atoms with E-state index in [2.05, 4.69) is 43.1 Å². The predicted octanol–water partition coefficient (Wildman–Crippen LogP) is 4.20. The zero-order valence-corrected chi connectivity index (χ0v) is 11.1. The lowest BCUT2D eigenvalue weighted by Crippen LogP contribution is -1.91. The third-order valence-electron chi connectivity index (χ3n) is 3.23. The van der Waals surface area contributed by atoms with Gasteiger partial charge in [0.1, 0.15) is 0 Å². The standard InChI is InChI=1S/C16H16N2O/c1-10(2)14-15(19-16(17)18-14)13-8-7-11-5-3-4-6-12(11)9-13/h3-10H,1-2H3,(H2,17,18). The quantitative estimate of drug-likeness (QED) is 0.743. The van der Waals surface area contributed by atoms with Gasteiger partial charge in [-0.25, -0.2) is 0 Å². The van der Waals surface area contributed by atoms with E-state index in [1.165, 1.54) is 10.8 Å². The average Bonchev–Trinajstić information content (AvgIpc) is 2.80. The first-order valence-corrected chi connectivity index (χ1v) is 6.40. The van der Waals surface area contributed by atoms with Crippen LogP contribution in [-0.4, -0.2) is 4.98 Å². The molecule has 2 N–H and O–H groups in total. The molecule has 3 nitrogen and oxygen atoms in total. The van der Waals surface area contributed by atoms with Gasteiger partial charge >= 0.3 is 0 Å². The van der Waals surface area contributed by atoms with Crippen molar-refractivity contribution in [2.75, 3.05) is 5.73 Å². The number of rotatable bonds is 2. The molecule has 19 heavy (non-hydrogen) atoms. The number of nitrogens with zero attached hydrogens (tertiary/aromatic N) is 1. The fraction of sp³-hybridized carbons (Fsp3) is 0.188. The van der Waals surface area contributed by atoms with Gasteiger partial charge in [0.2, 0.25) is 0 Å². The van der Waals surface area contributed by atoms with Crippen LogP contribution >= 0.6 is 0 Å². The first kappa shape index (κ1) is 11.8. The highest BCUT2D eigenvalue weighted by molar-refractivity contribution is 5.86. The van der Waals surface area contributed by atoms with Crippen LogP contribution in [-0.2, 0) is 0 Å². The molecule has 0 saturated heterocycles. The maximum atomic E-state index is 5.69. The van der Waals surface area contributed by atoms with Gasteiger partial charge in [-0.2, -0.15) is 4.98 Å². The fourth-order valence-corrected chi connectivity index (χ4v) is 2.28. The van der Waals surface area contributed by atoms with Crippen molar-refractivity contribution in [1.29, 1.82) is 0 Å². The summed E-state index contributed by atoms with van der Waals surface area (Å²) in [6, 6.07) is 14.7. The van der Waals surface area contributed by atoms with E-state index in [-0.39, 0.29) is 11.9 Å². The van der Waals surface area contributed by atoms with Crippen LogP contribution in [0.3, 0.4) is 0 Å². The number of nitrogens with two attached hydrogens (primary N) is 1.